The lowest BCUT2D eigenvalue weighted by atomic mass is 9.88. The molecule has 1 rings (SSSR count). The van der Waals surface area contributed by atoms with Crippen molar-refractivity contribution in [3.05, 3.63) is 15.6 Å². The summed E-state index contributed by atoms with van der Waals surface area (Å²) < 4.78 is 0. The van der Waals surface area contributed by atoms with Crippen molar-refractivity contribution >= 4 is 17.4 Å². The predicted molar refractivity (Wildman–Crippen MR) is 86.6 cm³/mol. The second kappa shape index (κ2) is 7.22. The van der Waals surface area contributed by atoms with Gasteiger partial charge in [0.2, 0.25) is 0 Å². The maximum absolute atomic E-state index is 12.1. The molecular formula is C15H27N3O2S. The molecule has 0 saturated carbocycles. The largest absolute Gasteiger partial charge is 0.394 e. The monoisotopic (exact) mass is 313 g/mol. The lowest BCUT2D eigenvalue weighted by Gasteiger charge is -2.26. The predicted octanol–water partition coefficient (Wildman–Crippen LogP) is 2.92. The van der Waals surface area contributed by atoms with Crippen LogP contribution in [0.3, 0.4) is 0 Å². The summed E-state index contributed by atoms with van der Waals surface area (Å²) in [4.78, 5) is 17.5. The van der Waals surface area contributed by atoms with Gasteiger partial charge in [-0.25, -0.2) is 9.78 Å². The molecule has 120 valence electrons. The Bertz CT molecular complexity index is 480. The number of thiazole rings is 1. The third-order valence-electron chi connectivity index (χ3n) is 3.09. The Morgan fingerprint density at radius 2 is 1.95 bits per heavy atom. The van der Waals surface area contributed by atoms with Gasteiger partial charge < -0.3 is 15.7 Å². The highest BCUT2D eigenvalue weighted by Crippen LogP contribution is 2.24. The number of aromatic nitrogens is 1. The van der Waals surface area contributed by atoms with E-state index in [1.807, 2.05) is 20.8 Å². The highest BCUT2D eigenvalue weighted by atomic mass is 32.1. The van der Waals surface area contributed by atoms with Crippen molar-refractivity contribution < 1.29 is 9.90 Å². The molecule has 0 aromatic carbocycles. The fraction of sp³-hybridized carbons (Fsp3) is 0.733. The molecule has 2 unspecified atom stereocenters. The maximum atomic E-state index is 12.1. The Kier molecular flexibility index (Phi) is 6.16. The van der Waals surface area contributed by atoms with Gasteiger partial charge in [-0.05, 0) is 32.6 Å². The Hall–Kier alpha value is -1.14. The highest BCUT2D eigenvalue weighted by molar-refractivity contribution is 7.11. The third-order valence-corrected chi connectivity index (χ3v) is 4.35. The van der Waals surface area contributed by atoms with Crippen LogP contribution < -0.4 is 10.6 Å². The average Bonchev–Trinajstić information content (AvgIpc) is 2.65. The van der Waals surface area contributed by atoms with E-state index in [1.54, 1.807) is 11.3 Å². The summed E-state index contributed by atoms with van der Waals surface area (Å²) in [6.45, 7) is 12.0. The van der Waals surface area contributed by atoms with Crippen molar-refractivity contribution in [3.8, 4) is 0 Å². The molecule has 1 aromatic heterocycles. The number of hydrogen-bond acceptors (Lipinski definition) is 4. The van der Waals surface area contributed by atoms with Crippen LogP contribution in [0, 0.1) is 19.3 Å². The first-order valence-electron chi connectivity index (χ1n) is 7.24. The molecular weight excluding hydrogens is 286 g/mol. The van der Waals surface area contributed by atoms with E-state index in [2.05, 4.69) is 36.4 Å². The van der Waals surface area contributed by atoms with Gasteiger partial charge >= 0.3 is 6.03 Å². The molecule has 1 heterocycles. The van der Waals surface area contributed by atoms with E-state index in [-0.39, 0.29) is 30.1 Å². The number of amides is 2. The first-order valence-corrected chi connectivity index (χ1v) is 8.06. The van der Waals surface area contributed by atoms with Crippen molar-refractivity contribution in [1.29, 1.82) is 0 Å². The van der Waals surface area contributed by atoms with Gasteiger partial charge in [0, 0.05) is 4.88 Å². The summed E-state index contributed by atoms with van der Waals surface area (Å²) in [5.74, 6) is 0. The van der Waals surface area contributed by atoms with Gasteiger partial charge in [-0.3, -0.25) is 0 Å². The number of aryl methyl sites for hydroxylation is 2. The normalized spacial score (nSPS) is 14.6. The summed E-state index contributed by atoms with van der Waals surface area (Å²) in [6.07, 6.45) is 0.726. The SMILES string of the molecule is Cc1nc(C)c(C(C)NC(=O)NC(CO)CC(C)(C)C)s1. The molecule has 3 N–H and O–H groups in total. The number of carbonyl (C=O) groups excluding carboxylic acids is 1. The molecule has 2 amide bonds. The summed E-state index contributed by atoms with van der Waals surface area (Å²) >= 11 is 1.60. The van der Waals surface area contributed by atoms with E-state index >= 15 is 0 Å². The van der Waals surface area contributed by atoms with Gasteiger partial charge in [0.25, 0.3) is 0 Å². The van der Waals surface area contributed by atoms with Crippen LogP contribution >= 0.6 is 11.3 Å². The van der Waals surface area contributed by atoms with Crippen molar-refractivity contribution in [3.63, 3.8) is 0 Å². The van der Waals surface area contributed by atoms with E-state index in [0.29, 0.717) is 0 Å². The van der Waals surface area contributed by atoms with Crippen molar-refractivity contribution in [1.82, 2.24) is 15.6 Å². The van der Waals surface area contributed by atoms with E-state index in [0.717, 1.165) is 22.0 Å². The zero-order valence-corrected chi connectivity index (χ0v) is 14.6. The Balaban J connectivity index is 2.58. The molecule has 0 aliphatic carbocycles. The lowest BCUT2D eigenvalue weighted by Crippen LogP contribution is -2.45. The van der Waals surface area contributed by atoms with Crippen LogP contribution in [0.4, 0.5) is 4.79 Å². The molecule has 0 bridgehead atoms. The third kappa shape index (κ3) is 6.01. The van der Waals surface area contributed by atoms with Crippen LogP contribution in [0.15, 0.2) is 0 Å². The number of aliphatic hydroxyl groups excluding tert-OH is 1. The molecule has 21 heavy (non-hydrogen) atoms. The topological polar surface area (TPSA) is 74.2 Å². The first-order chi connectivity index (χ1) is 9.62. The minimum absolute atomic E-state index is 0.0532. The van der Waals surface area contributed by atoms with Gasteiger partial charge in [-0.1, -0.05) is 20.8 Å². The number of rotatable bonds is 5. The number of nitrogens with zero attached hydrogens (tertiary/aromatic N) is 1. The van der Waals surface area contributed by atoms with Crippen LogP contribution in [-0.4, -0.2) is 28.8 Å². The molecule has 6 heteroatoms. The van der Waals surface area contributed by atoms with Crippen LogP contribution in [0.25, 0.3) is 0 Å². The number of carbonyl (C=O) groups is 1. The standard InChI is InChI=1S/C15H27N3O2S/c1-9-13(21-11(3)16-9)10(2)17-14(20)18-12(8-19)7-15(4,5)6/h10,12,19H,7-8H2,1-6H3,(H2,17,18,20). The molecule has 0 fully saturated rings. The van der Waals surface area contributed by atoms with E-state index in [1.165, 1.54) is 0 Å². The molecule has 1 aromatic rings. The lowest BCUT2D eigenvalue weighted by molar-refractivity contribution is 0.189. The number of aliphatic hydroxyl groups is 1. The Labute approximate surface area is 131 Å². The first kappa shape index (κ1) is 17.9. The van der Waals surface area contributed by atoms with E-state index in [9.17, 15) is 9.90 Å². The van der Waals surface area contributed by atoms with Gasteiger partial charge in [0.15, 0.2) is 0 Å². The Morgan fingerprint density at radius 3 is 2.38 bits per heavy atom. The van der Waals surface area contributed by atoms with Crippen molar-refractivity contribution in [2.45, 2.75) is 60.0 Å². The second-order valence-corrected chi connectivity index (χ2v) is 7.90. The quantitative estimate of drug-likeness (QED) is 0.782. The minimum atomic E-state index is -0.253. The fourth-order valence-electron chi connectivity index (χ4n) is 2.34. The van der Waals surface area contributed by atoms with E-state index in [4.69, 9.17) is 0 Å². The summed E-state index contributed by atoms with van der Waals surface area (Å²) in [7, 11) is 0. The average molecular weight is 313 g/mol. The number of nitrogens with one attached hydrogen (secondary N) is 2. The smallest absolute Gasteiger partial charge is 0.315 e. The summed E-state index contributed by atoms with van der Waals surface area (Å²) in [5.41, 5.74) is 1.01. The van der Waals surface area contributed by atoms with Crippen LogP contribution in [0.1, 0.15) is 55.7 Å². The van der Waals surface area contributed by atoms with Crippen molar-refractivity contribution in [2.24, 2.45) is 5.41 Å². The zero-order valence-electron chi connectivity index (χ0n) is 13.8. The zero-order chi connectivity index (χ0) is 16.2. The highest BCUT2D eigenvalue weighted by Gasteiger charge is 2.21. The fourth-order valence-corrected chi connectivity index (χ4v) is 3.27. The number of hydrogen-bond donors (Lipinski definition) is 3. The minimum Gasteiger partial charge on any atom is -0.394 e. The van der Waals surface area contributed by atoms with Gasteiger partial charge in [-0.2, -0.15) is 0 Å². The molecule has 0 radical (unpaired) electrons. The summed E-state index contributed by atoms with van der Waals surface area (Å²) in [6, 6.07) is -0.581. The van der Waals surface area contributed by atoms with Crippen LogP contribution in [-0.2, 0) is 0 Å². The van der Waals surface area contributed by atoms with E-state index < -0.39 is 0 Å². The number of urea groups is 1. The Morgan fingerprint density at radius 1 is 1.33 bits per heavy atom. The molecule has 5 nitrogen and oxygen atoms in total. The second-order valence-electron chi connectivity index (χ2n) is 6.67. The van der Waals surface area contributed by atoms with Gasteiger partial charge in [0.05, 0.1) is 29.4 Å². The van der Waals surface area contributed by atoms with Gasteiger partial charge in [0.1, 0.15) is 0 Å². The molecule has 2 atom stereocenters. The van der Waals surface area contributed by atoms with Gasteiger partial charge in [-0.15, -0.1) is 11.3 Å². The molecule has 0 aliphatic rings. The molecule has 0 saturated heterocycles. The maximum Gasteiger partial charge on any atom is 0.315 e. The van der Waals surface area contributed by atoms with Crippen molar-refractivity contribution in [2.75, 3.05) is 6.61 Å². The molecule has 0 spiro atoms. The molecule has 0 aliphatic heterocycles. The van der Waals surface area contributed by atoms with Crippen LogP contribution in [0.5, 0.6) is 0 Å². The van der Waals surface area contributed by atoms with Crippen LogP contribution in [0.2, 0.25) is 0 Å². The summed E-state index contributed by atoms with van der Waals surface area (Å²) in [5, 5.41) is 16.1.